The zero-order chi connectivity index (χ0) is 11.3. The summed E-state index contributed by atoms with van der Waals surface area (Å²) >= 11 is 5.26. The summed E-state index contributed by atoms with van der Waals surface area (Å²) in [5.74, 6) is 0. The van der Waals surface area contributed by atoms with Crippen LogP contribution in [0.15, 0.2) is 15.9 Å². The van der Waals surface area contributed by atoms with Gasteiger partial charge in [0.15, 0.2) is 0 Å². The van der Waals surface area contributed by atoms with Crippen LogP contribution >= 0.6 is 27.3 Å². The quantitative estimate of drug-likeness (QED) is 0.872. The lowest BCUT2D eigenvalue weighted by atomic mass is 10.2. The lowest BCUT2D eigenvalue weighted by Crippen LogP contribution is -2.26. The van der Waals surface area contributed by atoms with Crippen LogP contribution in [0.2, 0.25) is 0 Å². The number of hydrogen-bond acceptors (Lipinski definition) is 3. The van der Waals surface area contributed by atoms with Crippen molar-refractivity contribution in [1.82, 2.24) is 4.90 Å². The molecule has 86 valence electrons. The van der Waals surface area contributed by atoms with Gasteiger partial charge in [-0.3, -0.25) is 0 Å². The SMILES string of the molecule is CCN(CC)CCC(N)c1sccc1Br. The van der Waals surface area contributed by atoms with Gasteiger partial charge in [-0.1, -0.05) is 13.8 Å². The Kier molecular flexibility index (Phi) is 5.82. The van der Waals surface area contributed by atoms with Gasteiger partial charge in [0.05, 0.1) is 0 Å². The molecule has 0 saturated heterocycles. The predicted molar refractivity (Wildman–Crippen MR) is 71.4 cm³/mol. The van der Waals surface area contributed by atoms with Crippen LogP contribution in [0.4, 0.5) is 0 Å². The number of nitrogens with two attached hydrogens (primary N) is 1. The van der Waals surface area contributed by atoms with Crippen molar-refractivity contribution in [2.45, 2.75) is 26.3 Å². The van der Waals surface area contributed by atoms with E-state index < -0.39 is 0 Å². The van der Waals surface area contributed by atoms with Gasteiger partial charge in [0.2, 0.25) is 0 Å². The molecule has 0 amide bonds. The van der Waals surface area contributed by atoms with Crippen molar-refractivity contribution in [2.75, 3.05) is 19.6 Å². The third-order valence-corrected chi connectivity index (χ3v) is 4.64. The zero-order valence-corrected chi connectivity index (χ0v) is 11.8. The van der Waals surface area contributed by atoms with E-state index in [2.05, 4.69) is 46.1 Å². The maximum absolute atomic E-state index is 6.15. The smallest absolute Gasteiger partial charge is 0.0413 e. The Morgan fingerprint density at radius 2 is 2.13 bits per heavy atom. The van der Waals surface area contributed by atoms with Crippen LogP contribution in [0.1, 0.15) is 31.2 Å². The highest BCUT2D eigenvalue weighted by Gasteiger charge is 2.12. The lowest BCUT2D eigenvalue weighted by molar-refractivity contribution is 0.291. The molecule has 1 atom stereocenters. The van der Waals surface area contributed by atoms with Crippen molar-refractivity contribution < 1.29 is 0 Å². The lowest BCUT2D eigenvalue weighted by Gasteiger charge is -2.20. The van der Waals surface area contributed by atoms with Gasteiger partial charge in [0.25, 0.3) is 0 Å². The van der Waals surface area contributed by atoms with E-state index >= 15 is 0 Å². The molecular formula is C11H19BrN2S. The van der Waals surface area contributed by atoms with Gasteiger partial charge < -0.3 is 10.6 Å². The van der Waals surface area contributed by atoms with E-state index in [0.29, 0.717) is 0 Å². The molecule has 4 heteroatoms. The van der Waals surface area contributed by atoms with Gasteiger partial charge in [-0.2, -0.15) is 0 Å². The Morgan fingerprint density at radius 1 is 1.47 bits per heavy atom. The van der Waals surface area contributed by atoms with Crippen LogP contribution in [0.3, 0.4) is 0 Å². The minimum Gasteiger partial charge on any atom is -0.323 e. The Morgan fingerprint density at radius 3 is 2.60 bits per heavy atom. The van der Waals surface area contributed by atoms with E-state index in [0.717, 1.165) is 30.5 Å². The molecule has 0 spiro atoms. The van der Waals surface area contributed by atoms with Gasteiger partial charge >= 0.3 is 0 Å². The highest BCUT2D eigenvalue weighted by molar-refractivity contribution is 9.10. The third-order valence-electron chi connectivity index (χ3n) is 2.63. The molecule has 0 aromatic carbocycles. The predicted octanol–water partition coefficient (Wildman–Crippen LogP) is 3.24. The van der Waals surface area contributed by atoms with E-state index in [1.807, 2.05) is 0 Å². The molecule has 2 N–H and O–H groups in total. The minimum absolute atomic E-state index is 0.167. The molecule has 1 aromatic rings. The summed E-state index contributed by atoms with van der Waals surface area (Å²) in [5.41, 5.74) is 6.15. The molecule has 0 aliphatic heterocycles. The van der Waals surface area contributed by atoms with Crippen LogP contribution < -0.4 is 5.73 Å². The van der Waals surface area contributed by atoms with Crippen molar-refractivity contribution in [3.8, 4) is 0 Å². The zero-order valence-electron chi connectivity index (χ0n) is 9.37. The summed E-state index contributed by atoms with van der Waals surface area (Å²) in [4.78, 5) is 3.67. The van der Waals surface area contributed by atoms with Crippen molar-refractivity contribution in [3.05, 3.63) is 20.8 Å². The molecule has 1 rings (SSSR count). The van der Waals surface area contributed by atoms with Crippen molar-refractivity contribution in [2.24, 2.45) is 5.73 Å². The Balaban J connectivity index is 2.42. The fourth-order valence-electron chi connectivity index (χ4n) is 1.56. The summed E-state index contributed by atoms with van der Waals surface area (Å²) in [6, 6.07) is 2.23. The summed E-state index contributed by atoms with van der Waals surface area (Å²) in [6.07, 6.45) is 1.03. The Hall–Kier alpha value is 0.100. The number of rotatable bonds is 6. The molecule has 1 aromatic heterocycles. The Bertz CT molecular complexity index is 284. The molecular weight excluding hydrogens is 272 g/mol. The van der Waals surface area contributed by atoms with Gasteiger partial charge in [0, 0.05) is 15.4 Å². The fourth-order valence-corrected chi connectivity index (χ4v) is 3.27. The van der Waals surface area contributed by atoms with Crippen molar-refractivity contribution in [3.63, 3.8) is 0 Å². The second-order valence-corrected chi connectivity index (χ2v) is 5.36. The molecule has 15 heavy (non-hydrogen) atoms. The molecule has 1 unspecified atom stereocenters. The molecule has 0 bridgehead atoms. The van der Waals surface area contributed by atoms with Crippen molar-refractivity contribution >= 4 is 27.3 Å². The normalized spacial score (nSPS) is 13.4. The molecule has 0 fully saturated rings. The average Bonchev–Trinajstić information content (AvgIpc) is 2.66. The number of halogens is 1. The molecule has 0 radical (unpaired) electrons. The first-order valence-corrected chi connectivity index (χ1v) is 7.07. The number of hydrogen-bond donors (Lipinski definition) is 1. The largest absolute Gasteiger partial charge is 0.323 e. The molecule has 1 heterocycles. The summed E-state index contributed by atoms with van der Waals surface area (Å²) in [5, 5.41) is 2.08. The van der Waals surface area contributed by atoms with Crippen LogP contribution in [-0.2, 0) is 0 Å². The van der Waals surface area contributed by atoms with Gasteiger partial charge in [-0.15, -0.1) is 11.3 Å². The standard InChI is InChI=1S/C11H19BrN2S/c1-3-14(4-2)7-5-10(13)11-9(12)6-8-15-11/h6,8,10H,3-5,7,13H2,1-2H3. The first kappa shape index (κ1) is 13.2. The first-order valence-electron chi connectivity index (χ1n) is 5.39. The van der Waals surface area contributed by atoms with E-state index in [-0.39, 0.29) is 6.04 Å². The first-order chi connectivity index (χ1) is 7.19. The van der Waals surface area contributed by atoms with Crippen LogP contribution in [0.5, 0.6) is 0 Å². The number of thiophene rings is 1. The maximum Gasteiger partial charge on any atom is 0.0413 e. The average molecular weight is 291 g/mol. The second kappa shape index (κ2) is 6.63. The molecule has 0 saturated carbocycles. The monoisotopic (exact) mass is 290 g/mol. The molecule has 2 nitrogen and oxygen atoms in total. The summed E-state index contributed by atoms with van der Waals surface area (Å²) in [7, 11) is 0. The maximum atomic E-state index is 6.15. The second-order valence-electron chi connectivity index (χ2n) is 3.55. The molecule has 0 aliphatic carbocycles. The third kappa shape index (κ3) is 3.87. The van der Waals surface area contributed by atoms with Crippen LogP contribution in [0, 0.1) is 0 Å². The van der Waals surface area contributed by atoms with E-state index in [1.165, 1.54) is 4.88 Å². The van der Waals surface area contributed by atoms with E-state index in [9.17, 15) is 0 Å². The van der Waals surface area contributed by atoms with Crippen molar-refractivity contribution in [1.29, 1.82) is 0 Å². The minimum atomic E-state index is 0.167. The van der Waals surface area contributed by atoms with E-state index in [4.69, 9.17) is 5.73 Å². The van der Waals surface area contributed by atoms with Crippen LogP contribution in [0.25, 0.3) is 0 Å². The van der Waals surface area contributed by atoms with Gasteiger partial charge in [-0.05, 0) is 53.4 Å². The highest BCUT2D eigenvalue weighted by Crippen LogP contribution is 2.29. The fraction of sp³-hybridized carbons (Fsp3) is 0.636. The topological polar surface area (TPSA) is 29.3 Å². The van der Waals surface area contributed by atoms with Gasteiger partial charge in [-0.25, -0.2) is 0 Å². The summed E-state index contributed by atoms with van der Waals surface area (Å²) in [6.45, 7) is 7.67. The Labute approximate surface area is 105 Å². The number of nitrogens with zero attached hydrogens (tertiary/aromatic N) is 1. The van der Waals surface area contributed by atoms with Gasteiger partial charge in [0.1, 0.15) is 0 Å². The highest BCUT2D eigenvalue weighted by atomic mass is 79.9. The van der Waals surface area contributed by atoms with Crippen LogP contribution in [-0.4, -0.2) is 24.5 Å². The van der Waals surface area contributed by atoms with E-state index in [1.54, 1.807) is 11.3 Å². The summed E-state index contributed by atoms with van der Waals surface area (Å²) < 4.78 is 1.15. The molecule has 0 aliphatic rings.